The Kier molecular flexibility index (Phi) is 3.79. The van der Waals surface area contributed by atoms with Gasteiger partial charge in [0, 0.05) is 24.1 Å². The third-order valence-corrected chi connectivity index (χ3v) is 5.68. The Hall–Kier alpha value is -2.58. The maximum absolute atomic E-state index is 6.10. The number of anilines is 1. The van der Waals surface area contributed by atoms with Crippen molar-refractivity contribution in [3.63, 3.8) is 0 Å². The Morgan fingerprint density at radius 3 is 3.00 bits per heavy atom. The van der Waals surface area contributed by atoms with E-state index in [1.807, 2.05) is 37.4 Å². The van der Waals surface area contributed by atoms with E-state index < -0.39 is 0 Å². The van der Waals surface area contributed by atoms with Gasteiger partial charge >= 0.3 is 0 Å². The smallest absolute Gasteiger partial charge is 0.181 e. The highest BCUT2D eigenvalue weighted by atomic mass is 32.2. The van der Waals surface area contributed by atoms with Gasteiger partial charge in [0.05, 0.1) is 11.9 Å². The second-order valence-corrected chi connectivity index (χ2v) is 7.34. The maximum Gasteiger partial charge on any atom is 0.181 e. The van der Waals surface area contributed by atoms with Crippen LogP contribution in [0.25, 0.3) is 11.4 Å². The Morgan fingerprint density at radius 1 is 1.19 bits per heavy atom. The molecule has 0 amide bonds. The number of nitrogens with zero attached hydrogens (tertiary/aromatic N) is 5. The van der Waals surface area contributed by atoms with Crippen molar-refractivity contribution in [1.82, 2.24) is 24.9 Å². The molecule has 1 aromatic heterocycles. The molecule has 0 radical (unpaired) electrons. The lowest BCUT2D eigenvalue weighted by Gasteiger charge is -2.33. The van der Waals surface area contributed by atoms with Gasteiger partial charge in [0.15, 0.2) is 5.82 Å². The second kappa shape index (κ2) is 6.30. The molecule has 26 heavy (non-hydrogen) atoms. The van der Waals surface area contributed by atoms with Crippen molar-refractivity contribution in [1.29, 1.82) is 0 Å². The minimum absolute atomic E-state index is 0.455. The van der Waals surface area contributed by atoms with E-state index in [4.69, 9.17) is 4.74 Å². The monoisotopic (exact) mass is 366 g/mol. The summed E-state index contributed by atoms with van der Waals surface area (Å²) in [4.78, 5) is 3.64. The molecule has 5 rings (SSSR count). The molecule has 0 saturated carbocycles. The molecule has 2 aliphatic rings. The van der Waals surface area contributed by atoms with Gasteiger partial charge in [0.2, 0.25) is 0 Å². The van der Waals surface area contributed by atoms with Gasteiger partial charge in [-0.3, -0.25) is 0 Å². The number of hydrogen-bond donors (Lipinski definition) is 1. The highest BCUT2D eigenvalue weighted by Crippen LogP contribution is 2.41. The average Bonchev–Trinajstić information content (AvgIpc) is 3.30. The molecule has 2 aliphatic heterocycles. The Bertz CT molecular complexity index is 958. The van der Waals surface area contributed by atoms with Crippen molar-refractivity contribution in [2.75, 3.05) is 11.4 Å². The molecule has 0 spiro atoms. The normalized spacial score (nSPS) is 18.5. The van der Waals surface area contributed by atoms with Crippen molar-refractivity contribution >= 4 is 17.6 Å². The van der Waals surface area contributed by atoms with Crippen molar-refractivity contribution in [3.05, 3.63) is 42.5 Å². The zero-order chi connectivity index (χ0) is 17.5. The summed E-state index contributed by atoms with van der Waals surface area (Å²) in [6.07, 6.45) is 2.89. The minimum Gasteiger partial charge on any atom is -0.457 e. The fraction of sp³-hybridized carbons (Fsp3) is 0.278. The number of benzene rings is 2. The number of ether oxygens (including phenoxy) is 1. The van der Waals surface area contributed by atoms with Gasteiger partial charge in [-0.25, -0.2) is 9.40 Å². The molecule has 132 valence electrons. The first kappa shape index (κ1) is 15.7. The fourth-order valence-electron chi connectivity index (χ4n) is 3.49. The fourth-order valence-corrected chi connectivity index (χ4v) is 4.47. The van der Waals surface area contributed by atoms with E-state index >= 15 is 0 Å². The lowest BCUT2D eigenvalue weighted by atomic mass is 10.2. The molecule has 0 aliphatic carbocycles. The van der Waals surface area contributed by atoms with Crippen LogP contribution in [-0.2, 0) is 7.05 Å². The Morgan fingerprint density at radius 2 is 2.12 bits per heavy atom. The van der Waals surface area contributed by atoms with Gasteiger partial charge in [-0.2, -0.15) is 0 Å². The highest BCUT2D eigenvalue weighted by molar-refractivity contribution is 7.97. The van der Waals surface area contributed by atoms with Crippen molar-refractivity contribution in [2.24, 2.45) is 7.05 Å². The first-order valence-electron chi connectivity index (χ1n) is 8.62. The molecule has 0 bridgehead atoms. The van der Waals surface area contributed by atoms with Gasteiger partial charge in [-0.1, -0.05) is 12.1 Å². The van der Waals surface area contributed by atoms with Crippen LogP contribution in [0.4, 0.5) is 5.69 Å². The average molecular weight is 366 g/mol. The third-order valence-electron chi connectivity index (χ3n) is 4.75. The number of hydrogen-bond acceptors (Lipinski definition) is 7. The van der Waals surface area contributed by atoms with E-state index in [1.165, 1.54) is 23.4 Å². The first-order valence-corrected chi connectivity index (χ1v) is 9.43. The molecular weight excluding hydrogens is 348 g/mol. The predicted molar refractivity (Wildman–Crippen MR) is 100 cm³/mol. The van der Waals surface area contributed by atoms with Crippen LogP contribution in [0.15, 0.2) is 47.4 Å². The Balaban J connectivity index is 1.41. The lowest BCUT2D eigenvalue weighted by Crippen LogP contribution is -2.41. The number of rotatable bonds is 3. The topological polar surface area (TPSA) is 68.1 Å². The predicted octanol–water partition coefficient (Wildman–Crippen LogP) is 3.21. The van der Waals surface area contributed by atoms with Crippen LogP contribution in [0.3, 0.4) is 0 Å². The van der Waals surface area contributed by atoms with E-state index in [9.17, 15) is 0 Å². The van der Waals surface area contributed by atoms with Crippen LogP contribution in [0, 0.1) is 0 Å². The number of aromatic nitrogens is 4. The van der Waals surface area contributed by atoms with E-state index in [-0.39, 0.29) is 0 Å². The molecular formula is C18H18N6OS. The van der Waals surface area contributed by atoms with Crippen LogP contribution in [-0.4, -0.2) is 32.9 Å². The molecule has 1 saturated heterocycles. The zero-order valence-electron chi connectivity index (χ0n) is 14.3. The maximum atomic E-state index is 6.10. The SMILES string of the molecule is Cn1nnnc1-c1cccc(Oc2ccc3c(c2)SNC2CCCN32)c1. The Labute approximate surface area is 155 Å². The minimum atomic E-state index is 0.455. The molecule has 8 heteroatoms. The van der Waals surface area contributed by atoms with E-state index in [2.05, 4.69) is 37.3 Å². The highest BCUT2D eigenvalue weighted by Gasteiger charge is 2.30. The van der Waals surface area contributed by atoms with Crippen LogP contribution < -0.4 is 14.4 Å². The summed E-state index contributed by atoms with van der Waals surface area (Å²) in [5, 5.41) is 11.6. The third kappa shape index (κ3) is 2.71. The summed E-state index contributed by atoms with van der Waals surface area (Å²) in [6.45, 7) is 1.11. The quantitative estimate of drug-likeness (QED) is 0.714. The number of fused-ring (bicyclic) bond motifs is 3. The first-order chi connectivity index (χ1) is 12.8. The van der Waals surface area contributed by atoms with E-state index in [1.54, 1.807) is 16.6 Å². The van der Waals surface area contributed by atoms with Crippen LogP contribution in [0.1, 0.15) is 12.8 Å². The van der Waals surface area contributed by atoms with E-state index in [0.717, 1.165) is 23.6 Å². The van der Waals surface area contributed by atoms with Crippen molar-refractivity contribution in [2.45, 2.75) is 23.9 Å². The summed E-state index contributed by atoms with van der Waals surface area (Å²) in [7, 11) is 1.82. The molecule has 1 unspecified atom stereocenters. The zero-order valence-corrected chi connectivity index (χ0v) is 15.1. The van der Waals surface area contributed by atoms with Gasteiger partial charge in [0.25, 0.3) is 0 Å². The van der Waals surface area contributed by atoms with Crippen LogP contribution >= 0.6 is 11.9 Å². The van der Waals surface area contributed by atoms with Gasteiger partial charge in [0.1, 0.15) is 11.5 Å². The molecule has 1 atom stereocenters. The standard InChI is InChI=1S/C18H18N6OS/c1-23-18(19-21-22-23)12-4-2-5-13(10-12)25-14-7-8-15-16(11-14)26-20-17-6-3-9-24(15)17/h2,4-5,7-8,10-11,17,20H,3,6,9H2,1H3. The van der Waals surface area contributed by atoms with Crippen LogP contribution in [0.5, 0.6) is 11.5 Å². The molecule has 3 heterocycles. The number of aryl methyl sites for hydroxylation is 1. The molecule has 1 fully saturated rings. The van der Waals surface area contributed by atoms with Crippen molar-refractivity contribution < 1.29 is 4.74 Å². The summed E-state index contributed by atoms with van der Waals surface area (Å²) < 4.78 is 11.3. The molecule has 7 nitrogen and oxygen atoms in total. The molecule has 2 aromatic carbocycles. The summed E-state index contributed by atoms with van der Waals surface area (Å²) in [5.41, 5.74) is 2.21. The molecule has 3 aromatic rings. The second-order valence-electron chi connectivity index (χ2n) is 6.46. The van der Waals surface area contributed by atoms with Crippen LogP contribution in [0.2, 0.25) is 0 Å². The number of nitrogens with one attached hydrogen (secondary N) is 1. The van der Waals surface area contributed by atoms with Gasteiger partial charge < -0.3 is 9.64 Å². The largest absolute Gasteiger partial charge is 0.457 e. The van der Waals surface area contributed by atoms with Gasteiger partial charge in [-0.15, -0.1) is 5.10 Å². The summed E-state index contributed by atoms with van der Waals surface area (Å²) >= 11 is 1.69. The summed E-state index contributed by atoms with van der Waals surface area (Å²) in [6, 6.07) is 14.1. The van der Waals surface area contributed by atoms with Gasteiger partial charge in [-0.05, 0) is 65.5 Å². The lowest BCUT2D eigenvalue weighted by molar-refractivity contribution is 0.481. The van der Waals surface area contributed by atoms with E-state index in [0.29, 0.717) is 12.0 Å². The molecule has 1 N–H and O–H groups in total. The number of tetrazole rings is 1. The summed E-state index contributed by atoms with van der Waals surface area (Å²) in [5.74, 6) is 2.29. The van der Waals surface area contributed by atoms with Crippen molar-refractivity contribution in [3.8, 4) is 22.9 Å².